The Morgan fingerprint density at radius 3 is 2.62 bits per heavy atom. The SMILES string of the molecule is Cc1nn(-c2ccccc2Br)nc1C(=O)O. The number of benzene rings is 1. The van der Waals surface area contributed by atoms with E-state index in [9.17, 15) is 4.79 Å². The van der Waals surface area contributed by atoms with Crippen LogP contribution in [0.25, 0.3) is 5.69 Å². The van der Waals surface area contributed by atoms with E-state index in [0.29, 0.717) is 11.4 Å². The van der Waals surface area contributed by atoms with Gasteiger partial charge in [0.1, 0.15) is 0 Å². The Morgan fingerprint density at radius 2 is 2.06 bits per heavy atom. The second-order valence-electron chi connectivity index (χ2n) is 3.18. The van der Waals surface area contributed by atoms with Crippen molar-refractivity contribution < 1.29 is 9.90 Å². The number of aromatic carboxylic acids is 1. The number of halogens is 1. The van der Waals surface area contributed by atoms with Crippen LogP contribution in [0.15, 0.2) is 28.7 Å². The largest absolute Gasteiger partial charge is 0.476 e. The van der Waals surface area contributed by atoms with E-state index >= 15 is 0 Å². The average Bonchev–Trinajstić information content (AvgIpc) is 2.61. The molecule has 1 aromatic carbocycles. The first-order chi connectivity index (χ1) is 7.59. The third-order valence-electron chi connectivity index (χ3n) is 2.05. The summed E-state index contributed by atoms with van der Waals surface area (Å²) in [7, 11) is 0. The Kier molecular flexibility index (Phi) is 2.74. The summed E-state index contributed by atoms with van der Waals surface area (Å²) in [6.45, 7) is 1.61. The number of aryl methyl sites for hydroxylation is 1. The van der Waals surface area contributed by atoms with Crippen molar-refractivity contribution >= 4 is 21.9 Å². The molecule has 0 saturated carbocycles. The summed E-state index contributed by atoms with van der Waals surface area (Å²) in [5.41, 5.74) is 1.07. The van der Waals surface area contributed by atoms with Crippen molar-refractivity contribution in [3.05, 3.63) is 40.1 Å². The minimum absolute atomic E-state index is 0.0317. The number of hydrogen-bond acceptors (Lipinski definition) is 3. The molecule has 0 aliphatic rings. The molecule has 0 radical (unpaired) electrons. The number of nitrogens with zero attached hydrogens (tertiary/aromatic N) is 3. The summed E-state index contributed by atoms with van der Waals surface area (Å²) in [6, 6.07) is 7.34. The van der Waals surface area contributed by atoms with Gasteiger partial charge in [-0.15, -0.1) is 9.90 Å². The van der Waals surface area contributed by atoms with Gasteiger partial charge >= 0.3 is 5.97 Å². The maximum absolute atomic E-state index is 10.8. The van der Waals surface area contributed by atoms with Crippen LogP contribution in [-0.2, 0) is 0 Å². The van der Waals surface area contributed by atoms with E-state index < -0.39 is 5.97 Å². The Bertz CT molecular complexity index is 551. The molecule has 2 aromatic rings. The highest BCUT2D eigenvalue weighted by Crippen LogP contribution is 2.19. The van der Waals surface area contributed by atoms with Crippen molar-refractivity contribution in [3.63, 3.8) is 0 Å². The summed E-state index contributed by atoms with van der Waals surface area (Å²) in [6.07, 6.45) is 0. The van der Waals surface area contributed by atoms with E-state index in [1.807, 2.05) is 18.2 Å². The fourth-order valence-electron chi connectivity index (χ4n) is 1.30. The van der Waals surface area contributed by atoms with Crippen LogP contribution in [0.5, 0.6) is 0 Å². The highest BCUT2D eigenvalue weighted by Gasteiger charge is 2.15. The normalized spacial score (nSPS) is 10.4. The molecular formula is C10H8BrN3O2. The van der Waals surface area contributed by atoms with Crippen molar-refractivity contribution in [1.29, 1.82) is 0 Å². The number of carboxylic acids is 1. The number of carboxylic acid groups (broad SMARTS) is 1. The minimum Gasteiger partial charge on any atom is -0.476 e. The van der Waals surface area contributed by atoms with Crippen molar-refractivity contribution in [3.8, 4) is 5.69 Å². The van der Waals surface area contributed by atoms with E-state index in [1.165, 1.54) is 4.80 Å². The molecule has 2 rings (SSSR count). The van der Waals surface area contributed by atoms with Gasteiger partial charge < -0.3 is 5.11 Å². The van der Waals surface area contributed by atoms with Crippen LogP contribution in [-0.4, -0.2) is 26.1 Å². The van der Waals surface area contributed by atoms with Gasteiger partial charge in [0.15, 0.2) is 5.69 Å². The Morgan fingerprint density at radius 1 is 1.38 bits per heavy atom. The minimum atomic E-state index is -1.07. The van der Waals surface area contributed by atoms with Crippen molar-refractivity contribution in [1.82, 2.24) is 15.0 Å². The summed E-state index contributed by atoms with van der Waals surface area (Å²) in [5, 5.41) is 16.8. The molecule has 0 unspecified atom stereocenters. The number of rotatable bonds is 2. The molecule has 5 nitrogen and oxygen atoms in total. The lowest BCUT2D eigenvalue weighted by Crippen LogP contribution is -2.02. The van der Waals surface area contributed by atoms with Gasteiger partial charge in [0, 0.05) is 4.47 Å². The molecular weight excluding hydrogens is 274 g/mol. The van der Waals surface area contributed by atoms with E-state index in [0.717, 1.165) is 4.47 Å². The third-order valence-corrected chi connectivity index (χ3v) is 2.72. The molecule has 0 aliphatic carbocycles. The zero-order chi connectivity index (χ0) is 11.7. The Labute approximate surface area is 99.8 Å². The average molecular weight is 282 g/mol. The summed E-state index contributed by atoms with van der Waals surface area (Å²) >= 11 is 3.36. The summed E-state index contributed by atoms with van der Waals surface area (Å²) < 4.78 is 0.807. The quantitative estimate of drug-likeness (QED) is 0.915. The molecule has 0 aliphatic heterocycles. The van der Waals surface area contributed by atoms with Gasteiger partial charge in [0.25, 0.3) is 0 Å². The van der Waals surface area contributed by atoms with Gasteiger partial charge in [-0.05, 0) is 35.0 Å². The van der Waals surface area contributed by atoms with Crippen LogP contribution >= 0.6 is 15.9 Å². The van der Waals surface area contributed by atoms with Crippen LogP contribution in [0.4, 0.5) is 0 Å². The third kappa shape index (κ3) is 1.83. The van der Waals surface area contributed by atoms with Gasteiger partial charge in [0.2, 0.25) is 0 Å². The van der Waals surface area contributed by atoms with E-state index in [1.54, 1.807) is 13.0 Å². The van der Waals surface area contributed by atoms with E-state index in [2.05, 4.69) is 26.1 Å². The molecule has 1 N–H and O–H groups in total. The summed E-state index contributed by atoms with van der Waals surface area (Å²) in [5.74, 6) is -1.07. The fraction of sp³-hybridized carbons (Fsp3) is 0.100. The molecule has 82 valence electrons. The fourth-order valence-corrected chi connectivity index (χ4v) is 1.74. The first kappa shape index (κ1) is 10.8. The molecule has 0 amide bonds. The van der Waals surface area contributed by atoms with Gasteiger partial charge in [-0.2, -0.15) is 5.10 Å². The second kappa shape index (κ2) is 4.05. The summed E-state index contributed by atoms with van der Waals surface area (Å²) in [4.78, 5) is 12.1. The Hall–Kier alpha value is -1.69. The maximum atomic E-state index is 10.8. The Balaban J connectivity index is 2.54. The molecule has 0 bridgehead atoms. The molecule has 6 heteroatoms. The van der Waals surface area contributed by atoms with Gasteiger partial charge in [-0.25, -0.2) is 4.79 Å². The van der Waals surface area contributed by atoms with Gasteiger partial charge in [-0.3, -0.25) is 0 Å². The van der Waals surface area contributed by atoms with Crippen LogP contribution in [0.3, 0.4) is 0 Å². The smallest absolute Gasteiger partial charge is 0.358 e. The molecule has 0 fully saturated rings. The highest BCUT2D eigenvalue weighted by atomic mass is 79.9. The van der Waals surface area contributed by atoms with Crippen molar-refractivity contribution in [2.24, 2.45) is 0 Å². The molecule has 0 atom stereocenters. The van der Waals surface area contributed by atoms with E-state index in [4.69, 9.17) is 5.11 Å². The number of para-hydroxylation sites is 1. The lowest BCUT2D eigenvalue weighted by molar-refractivity contribution is 0.0689. The topological polar surface area (TPSA) is 68.0 Å². The predicted molar refractivity (Wildman–Crippen MR) is 60.8 cm³/mol. The molecule has 0 spiro atoms. The highest BCUT2D eigenvalue weighted by molar-refractivity contribution is 9.10. The molecule has 1 heterocycles. The molecule has 1 aromatic heterocycles. The lowest BCUT2D eigenvalue weighted by atomic mass is 10.3. The maximum Gasteiger partial charge on any atom is 0.358 e. The predicted octanol–water partition coefficient (Wildman–Crippen LogP) is 2.04. The van der Waals surface area contributed by atoms with Gasteiger partial charge in [-0.1, -0.05) is 12.1 Å². The number of carbonyl (C=O) groups is 1. The molecule has 0 saturated heterocycles. The molecule has 16 heavy (non-hydrogen) atoms. The first-order valence-electron chi connectivity index (χ1n) is 4.51. The zero-order valence-corrected chi connectivity index (χ0v) is 9.97. The first-order valence-corrected chi connectivity index (χ1v) is 5.31. The standard InChI is InChI=1S/C10H8BrN3O2/c1-6-9(10(15)16)13-14(12-6)8-5-3-2-4-7(8)11/h2-5H,1H3,(H,15,16). The van der Waals surface area contributed by atoms with Crippen LogP contribution < -0.4 is 0 Å². The van der Waals surface area contributed by atoms with Crippen LogP contribution in [0, 0.1) is 6.92 Å². The van der Waals surface area contributed by atoms with Gasteiger partial charge in [0.05, 0.1) is 11.4 Å². The number of hydrogen-bond donors (Lipinski definition) is 1. The monoisotopic (exact) mass is 281 g/mol. The van der Waals surface area contributed by atoms with Crippen molar-refractivity contribution in [2.75, 3.05) is 0 Å². The second-order valence-corrected chi connectivity index (χ2v) is 4.03. The van der Waals surface area contributed by atoms with Crippen LogP contribution in [0.1, 0.15) is 16.2 Å². The van der Waals surface area contributed by atoms with E-state index in [-0.39, 0.29) is 5.69 Å². The van der Waals surface area contributed by atoms with Crippen molar-refractivity contribution in [2.45, 2.75) is 6.92 Å². The zero-order valence-electron chi connectivity index (χ0n) is 8.38. The van der Waals surface area contributed by atoms with Crippen LogP contribution in [0.2, 0.25) is 0 Å². The lowest BCUT2D eigenvalue weighted by Gasteiger charge is -2.00. The number of aromatic nitrogens is 3.